The van der Waals surface area contributed by atoms with Crippen LogP contribution in [-0.4, -0.2) is 19.1 Å². The fraction of sp³-hybridized carbons (Fsp3) is 0.889. The first-order valence-corrected chi connectivity index (χ1v) is 4.84. The van der Waals surface area contributed by atoms with E-state index in [1.54, 1.807) is 0 Å². The molecule has 1 aliphatic heterocycles. The van der Waals surface area contributed by atoms with Crippen molar-refractivity contribution >= 4 is 5.91 Å². The second-order valence-corrected chi connectivity index (χ2v) is 3.62. The minimum absolute atomic E-state index is 0.0300. The van der Waals surface area contributed by atoms with Gasteiger partial charge in [-0.05, 0) is 19.3 Å². The van der Waals surface area contributed by atoms with Crippen molar-refractivity contribution in [3.05, 3.63) is 0 Å². The monoisotopic (exact) mass is 186 g/mol. The Hall–Kier alpha value is -0.610. The summed E-state index contributed by atoms with van der Waals surface area (Å²) < 4.78 is 5.24. The molecule has 0 aromatic carbocycles. The molecule has 0 aromatic heterocycles. The molecule has 4 nitrogen and oxygen atoms in total. The Morgan fingerprint density at radius 2 is 2.15 bits per heavy atom. The molecule has 1 heterocycles. The summed E-state index contributed by atoms with van der Waals surface area (Å²) in [5.41, 5.74) is 2.00. The molecular formula is C9H18N2O2. The molecule has 1 fully saturated rings. The summed E-state index contributed by atoms with van der Waals surface area (Å²) in [7, 11) is 0. The van der Waals surface area contributed by atoms with E-state index in [-0.39, 0.29) is 11.3 Å². The lowest BCUT2D eigenvalue weighted by molar-refractivity contribution is -0.137. The maximum atomic E-state index is 11.6. The van der Waals surface area contributed by atoms with Crippen molar-refractivity contribution < 1.29 is 9.53 Å². The lowest BCUT2D eigenvalue weighted by Crippen LogP contribution is -2.47. The van der Waals surface area contributed by atoms with Crippen molar-refractivity contribution in [2.24, 2.45) is 11.3 Å². The van der Waals surface area contributed by atoms with Gasteiger partial charge in [-0.25, -0.2) is 5.84 Å². The van der Waals surface area contributed by atoms with Gasteiger partial charge in [0, 0.05) is 13.2 Å². The van der Waals surface area contributed by atoms with Gasteiger partial charge < -0.3 is 4.74 Å². The minimum atomic E-state index is -0.262. The largest absolute Gasteiger partial charge is 0.381 e. The van der Waals surface area contributed by atoms with E-state index in [0.29, 0.717) is 13.2 Å². The molecule has 0 saturated carbocycles. The number of carbonyl (C=O) groups excluding carboxylic acids is 1. The van der Waals surface area contributed by atoms with Gasteiger partial charge in [-0.3, -0.25) is 10.2 Å². The van der Waals surface area contributed by atoms with Crippen LogP contribution in [0.5, 0.6) is 0 Å². The van der Waals surface area contributed by atoms with Crippen LogP contribution in [0.25, 0.3) is 0 Å². The van der Waals surface area contributed by atoms with Crippen molar-refractivity contribution in [2.45, 2.75) is 32.6 Å². The normalized spacial score (nSPS) is 21.1. The summed E-state index contributed by atoms with van der Waals surface area (Å²) >= 11 is 0. The van der Waals surface area contributed by atoms with Crippen LogP contribution < -0.4 is 11.3 Å². The Bertz CT molecular complexity index is 171. The summed E-state index contributed by atoms with van der Waals surface area (Å²) in [6.45, 7) is 3.43. The molecule has 0 bridgehead atoms. The number of hydrazine groups is 1. The molecule has 0 aromatic rings. The Morgan fingerprint density at radius 1 is 1.54 bits per heavy atom. The highest BCUT2D eigenvalue weighted by atomic mass is 16.5. The number of nitrogens with two attached hydrogens (primary N) is 1. The van der Waals surface area contributed by atoms with Gasteiger partial charge in [-0.1, -0.05) is 13.3 Å². The number of nitrogens with one attached hydrogen (secondary N) is 1. The third-order valence-corrected chi connectivity index (χ3v) is 2.79. The van der Waals surface area contributed by atoms with Crippen LogP contribution in [-0.2, 0) is 9.53 Å². The number of amides is 1. The molecule has 0 aliphatic carbocycles. The van der Waals surface area contributed by atoms with Crippen molar-refractivity contribution in [3.8, 4) is 0 Å². The molecule has 1 rings (SSSR count). The molecule has 1 amide bonds. The van der Waals surface area contributed by atoms with E-state index in [1.165, 1.54) is 0 Å². The predicted octanol–water partition coefficient (Wildman–Crippen LogP) is 0.573. The number of ether oxygens (including phenoxy) is 1. The van der Waals surface area contributed by atoms with Gasteiger partial charge in [0.1, 0.15) is 0 Å². The Balaban J connectivity index is 2.66. The second kappa shape index (κ2) is 4.58. The van der Waals surface area contributed by atoms with E-state index in [9.17, 15) is 4.79 Å². The Morgan fingerprint density at radius 3 is 2.62 bits per heavy atom. The van der Waals surface area contributed by atoms with Crippen LogP contribution in [0, 0.1) is 5.41 Å². The van der Waals surface area contributed by atoms with Crippen molar-refractivity contribution in [2.75, 3.05) is 13.2 Å². The standard InChI is InChI=1S/C9H18N2O2/c1-2-3-9(8(12)11-10)4-6-13-7-5-9/h2-7,10H2,1H3,(H,11,12). The third-order valence-electron chi connectivity index (χ3n) is 2.79. The van der Waals surface area contributed by atoms with Gasteiger partial charge in [0.2, 0.25) is 5.91 Å². The zero-order chi connectivity index (χ0) is 9.73. The van der Waals surface area contributed by atoms with Gasteiger partial charge in [-0.2, -0.15) is 0 Å². The number of hydrogen-bond donors (Lipinski definition) is 2. The summed E-state index contributed by atoms with van der Waals surface area (Å²) in [6, 6.07) is 0. The summed E-state index contributed by atoms with van der Waals surface area (Å²) in [6.07, 6.45) is 3.50. The highest BCUT2D eigenvalue weighted by Gasteiger charge is 2.38. The molecule has 4 heteroatoms. The van der Waals surface area contributed by atoms with Crippen LogP contribution in [0.15, 0.2) is 0 Å². The van der Waals surface area contributed by atoms with E-state index in [2.05, 4.69) is 12.3 Å². The average molecular weight is 186 g/mol. The molecule has 0 unspecified atom stereocenters. The maximum Gasteiger partial charge on any atom is 0.240 e. The minimum Gasteiger partial charge on any atom is -0.381 e. The predicted molar refractivity (Wildman–Crippen MR) is 49.7 cm³/mol. The highest BCUT2D eigenvalue weighted by Crippen LogP contribution is 2.35. The first-order valence-electron chi connectivity index (χ1n) is 4.84. The fourth-order valence-electron chi connectivity index (χ4n) is 1.98. The quantitative estimate of drug-likeness (QED) is 0.385. The highest BCUT2D eigenvalue weighted by molar-refractivity contribution is 5.82. The van der Waals surface area contributed by atoms with Gasteiger partial charge in [0.05, 0.1) is 5.41 Å². The summed E-state index contributed by atoms with van der Waals surface area (Å²) in [5.74, 6) is 5.15. The Labute approximate surface area is 78.8 Å². The zero-order valence-corrected chi connectivity index (χ0v) is 8.14. The lowest BCUT2D eigenvalue weighted by Gasteiger charge is -2.34. The molecule has 1 saturated heterocycles. The van der Waals surface area contributed by atoms with E-state index in [0.717, 1.165) is 25.7 Å². The maximum absolute atomic E-state index is 11.6. The topological polar surface area (TPSA) is 64.4 Å². The zero-order valence-electron chi connectivity index (χ0n) is 8.14. The SMILES string of the molecule is CCCC1(C(=O)NN)CCOCC1. The first kappa shape index (κ1) is 10.5. The van der Waals surface area contributed by atoms with Crippen molar-refractivity contribution in [1.82, 2.24) is 5.43 Å². The molecular weight excluding hydrogens is 168 g/mol. The number of carbonyl (C=O) groups is 1. The van der Waals surface area contributed by atoms with Gasteiger partial charge in [0.25, 0.3) is 0 Å². The summed E-state index contributed by atoms with van der Waals surface area (Å²) in [5, 5.41) is 0. The number of hydrogen-bond acceptors (Lipinski definition) is 3. The molecule has 76 valence electrons. The van der Waals surface area contributed by atoms with Crippen LogP contribution in [0.4, 0.5) is 0 Å². The smallest absolute Gasteiger partial charge is 0.240 e. The number of rotatable bonds is 3. The van der Waals surface area contributed by atoms with Crippen LogP contribution >= 0.6 is 0 Å². The summed E-state index contributed by atoms with van der Waals surface area (Å²) in [4.78, 5) is 11.6. The molecule has 0 spiro atoms. The third kappa shape index (κ3) is 2.19. The van der Waals surface area contributed by atoms with Crippen molar-refractivity contribution in [3.63, 3.8) is 0 Å². The van der Waals surface area contributed by atoms with Crippen LogP contribution in [0.3, 0.4) is 0 Å². The van der Waals surface area contributed by atoms with E-state index < -0.39 is 0 Å². The van der Waals surface area contributed by atoms with E-state index in [1.807, 2.05) is 0 Å². The molecule has 0 atom stereocenters. The Kier molecular flexibility index (Phi) is 3.69. The van der Waals surface area contributed by atoms with Gasteiger partial charge >= 0.3 is 0 Å². The first-order chi connectivity index (χ1) is 6.25. The lowest BCUT2D eigenvalue weighted by atomic mass is 9.76. The van der Waals surface area contributed by atoms with Crippen LogP contribution in [0.1, 0.15) is 32.6 Å². The van der Waals surface area contributed by atoms with Gasteiger partial charge in [0.15, 0.2) is 0 Å². The molecule has 13 heavy (non-hydrogen) atoms. The van der Waals surface area contributed by atoms with Gasteiger partial charge in [-0.15, -0.1) is 0 Å². The average Bonchev–Trinajstić information content (AvgIpc) is 2.18. The second-order valence-electron chi connectivity index (χ2n) is 3.62. The molecule has 0 radical (unpaired) electrons. The van der Waals surface area contributed by atoms with E-state index >= 15 is 0 Å². The molecule has 3 N–H and O–H groups in total. The fourth-order valence-corrected chi connectivity index (χ4v) is 1.98. The van der Waals surface area contributed by atoms with Crippen LogP contribution in [0.2, 0.25) is 0 Å². The van der Waals surface area contributed by atoms with E-state index in [4.69, 9.17) is 10.6 Å². The van der Waals surface area contributed by atoms with Crippen molar-refractivity contribution in [1.29, 1.82) is 0 Å². The molecule has 1 aliphatic rings.